The number of carboxylic acids is 1. The van der Waals surface area contributed by atoms with E-state index in [0.717, 1.165) is 12.8 Å². The zero-order valence-electron chi connectivity index (χ0n) is 11.8. The number of pyridine rings is 1. The molecule has 2 aromatic heterocycles. The molecule has 114 valence electrons. The van der Waals surface area contributed by atoms with Crippen molar-refractivity contribution >= 4 is 11.9 Å². The second kappa shape index (κ2) is 5.92. The van der Waals surface area contributed by atoms with Crippen molar-refractivity contribution in [3.63, 3.8) is 0 Å². The number of nitrogens with zero attached hydrogens (tertiary/aromatic N) is 5. The molecule has 1 atom stereocenters. The van der Waals surface area contributed by atoms with Gasteiger partial charge in [0.2, 0.25) is 0 Å². The van der Waals surface area contributed by atoms with E-state index in [-0.39, 0.29) is 17.6 Å². The van der Waals surface area contributed by atoms with Crippen molar-refractivity contribution in [3.05, 3.63) is 42.2 Å². The zero-order valence-corrected chi connectivity index (χ0v) is 11.8. The lowest BCUT2D eigenvalue weighted by atomic mass is 10.0. The van der Waals surface area contributed by atoms with Crippen LogP contribution in [0.4, 0.5) is 0 Å². The molecule has 1 aliphatic rings. The van der Waals surface area contributed by atoms with Gasteiger partial charge >= 0.3 is 5.97 Å². The van der Waals surface area contributed by atoms with Crippen LogP contribution in [0, 0.1) is 0 Å². The Labute approximate surface area is 126 Å². The van der Waals surface area contributed by atoms with E-state index >= 15 is 0 Å². The molecule has 1 N–H and O–H groups in total. The lowest BCUT2D eigenvalue weighted by Gasteiger charge is -2.32. The third kappa shape index (κ3) is 2.80. The molecular weight excluding hydrogens is 286 g/mol. The summed E-state index contributed by atoms with van der Waals surface area (Å²) >= 11 is 0. The van der Waals surface area contributed by atoms with Gasteiger partial charge in [0, 0.05) is 19.3 Å². The van der Waals surface area contributed by atoms with Gasteiger partial charge in [-0.1, -0.05) is 0 Å². The molecule has 0 aromatic carbocycles. The van der Waals surface area contributed by atoms with Crippen LogP contribution in [0.2, 0.25) is 0 Å². The molecule has 1 amide bonds. The minimum absolute atomic E-state index is 0.0734. The Bertz CT molecular complexity index is 668. The molecule has 1 fully saturated rings. The van der Waals surface area contributed by atoms with Gasteiger partial charge in [-0.2, -0.15) is 5.10 Å². The molecule has 3 heterocycles. The van der Waals surface area contributed by atoms with Gasteiger partial charge in [-0.3, -0.25) is 4.79 Å². The van der Waals surface area contributed by atoms with Crippen LogP contribution >= 0.6 is 0 Å². The topological polar surface area (TPSA) is 101 Å². The second-order valence-corrected chi connectivity index (χ2v) is 5.16. The molecule has 0 aliphatic carbocycles. The normalized spacial score (nSPS) is 18.2. The number of likely N-dealkylation sites (tertiary alicyclic amines) is 1. The first-order valence-corrected chi connectivity index (χ1v) is 6.98. The van der Waals surface area contributed by atoms with Crippen LogP contribution in [0.3, 0.4) is 0 Å². The number of carboxylic acid groups (broad SMARTS) is 1. The minimum atomic E-state index is -1.11. The standard InChI is InChI=1S/C14H15N5O3/c20-13(10-3-4-12(14(21)22)16-6-10)18-5-1-2-11(7-18)19-9-15-8-17-19/h3-4,6,8-9,11H,1-2,5,7H2,(H,21,22). The van der Waals surface area contributed by atoms with Gasteiger partial charge in [0.25, 0.3) is 5.91 Å². The number of aromatic carboxylic acids is 1. The predicted octanol–water partition coefficient (Wildman–Crippen LogP) is 0.849. The van der Waals surface area contributed by atoms with Crippen molar-refractivity contribution in [1.82, 2.24) is 24.6 Å². The highest BCUT2D eigenvalue weighted by Gasteiger charge is 2.26. The molecule has 1 aliphatic heterocycles. The number of aromatic nitrogens is 4. The van der Waals surface area contributed by atoms with Crippen LogP contribution in [0.25, 0.3) is 0 Å². The summed E-state index contributed by atoms with van der Waals surface area (Å²) in [4.78, 5) is 32.7. The molecule has 0 radical (unpaired) electrons. The summed E-state index contributed by atoms with van der Waals surface area (Å²) < 4.78 is 1.77. The van der Waals surface area contributed by atoms with E-state index < -0.39 is 5.97 Å². The Balaban J connectivity index is 1.72. The maximum atomic E-state index is 12.5. The van der Waals surface area contributed by atoms with Crippen LogP contribution in [-0.4, -0.2) is 54.7 Å². The summed E-state index contributed by atoms with van der Waals surface area (Å²) in [6.07, 6.45) is 6.28. The van der Waals surface area contributed by atoms with Gasteiger partial charge in [0.1, 0.15) is 18.3 Å². The summed E-state index contributed by atoms with van der Waals surface area (Å²) in [7, 11) is 0. The highest BCUT2D eigenvalue weighted by atomic mass is 16.4. The maximum Gasteiger partial charge on any atom is 0.354 e. The van der Waals surface area contributed by atoms with E-state index in [1.807, 2.05) is 0 Å². The molecule has 3 rings (SSSR count). The molecule has 0 bridgehead atoms. The molecule has 0 spiro atoms. The van der Waals surface area contributed by atoms with Gasteiger partial charge in [-0.15, -0.1) is 0 Å². The van der Waals surface area contributed by atoms with E-state index in [1.165, 1.54) is 24.7 Å². The van der Waals surface area contributed by atoms with E-state index in [2.05, 4.69) is 15.1 Å². The highest BCUT2D eigenvalue weighted by molar-refractivity contribution is 5.95. The fourth-order valence-corrected chi connectivity index (χ4v) is 2.59. The van der Waals surface area contributed by atoms with E-state index in [0.29, 0.717) is 18.7 Å². The Morgan fingerprint density at radius 1 is 1.32 bits per heavy atom. The molecule has 0 saturated carbocycles. The van der Waals surface area contributed by atoms with Crippen LogP contribution < -0.4 is 0 Å². The maximum absolute atomic E-state index is 12.5. The Morgan fingerprint density at radius 2 is 2.18 bits per heavy atom. The first kappa shape index (κ1) is 14.2. The van der Waals surface area contributed by atoms with Crippen molar-refractivity contribution in [1.29, 1.82) is 0 Å². The van der Waals surface area contributed by atoms with Crippen molar-refractivity contribution < 1.29 is 14.7 Å². The van der Waals surface area contributed by atoms with E-state index in [4.69, 9.17) is 5.11 Å². The zero-order chi connectivity index (χ0) is 15.5. The number of rotatable bonds is 3. The van der Waals surface area contributed by atoms with Gasteiger partial charge < -0.3 is 10.0 Å². The first-order chi connectivity index (χ1) is 10.6. The van der Waals surface area contributed by atoms with Crippen LogP contribution in [0.5, 0.6) is 0 Å². The fraction of sp³-hybridized carbons (Fsp3) is 0.357. The number of hydrogen-bond acceptors (Lipinski definition) is 5. The summed E-state index contributed by atoms with van der Waals surface area (Å²) in [5.41, 5.74) is 0.319. The molecular formula is C14H15N5O3. The SMILES string of the molecule is O=C(O)c1ccc(C(=O)N2CCCC(n3cncn3)C2)cn1. The van der Waals surface area contributed by atoms with Crippen molar-refractivity contribution in [2.75, 3.05) is 13.1 Å². The summed E-state index contributed by atoms with van der Waals surface area (Å²) in [5, 5.41) is 13.0. The van der Waals surface area contributed by atoms with Crippen molar-refractivity contribution in [2.45, 2.75) is 18.9 Å². The van der Waals surface area contributed by atoms with Gasteiger partial charge in [0.15, 0.2) is 0 Å². The summed E-state index contributed by atoms with van der Waals surface area (Å²) in [5.74, 6) is -1.25. The number of piperidine rings is 1. The fourth-order valence-electron chi connectivity index (χ4n) is 2.59. The van der Waals surface area contributed by atoms with Crippen LogP contribution in [0.1, 0.15) is 39.7 Å². The van der Waals surface area contributed by atoms with Crippen molar-refractivity contribution in [2.24, 2.45) is 0 Å². The third-order valence-electron chi connectivity index (χ3n) is 3.72. The quantitative estimate of drug-likeness (QED) is 0.901. The minimum Gasteiger partial charge on any atom is -0.477 e. The number of hydrogen-bond donors (Lipinski definition) is 1. The van der Waals surface area contributed by atoms with E-state index in [9.17, 15) is 9.59 Å². The Hall–Kier alpha value is -2.77. The summed E-state index contributed by atoms with van der Waals surface area (Å²) in [6.45, 7) is 1.23. The predicted molar refractivity (Wildman–Crippen MR) is 75.4 cm³/mol. The van der Waals surface area contributed by atoms with Gasteiger partial charge in [0.05, 0.1) is 11.6 Å². The van der Waals surface area contributed by atoms with Crippen LogP contribution in [-0.2, 0) is 0 Å². The molecule has 1 saturated heterocycles. The average Bonchev–Trinajstić information content (AvgIpc) is 3.09. The molecule has 1 unspecified atom stereocenters. The number of carbonyl (C=O) groups excluding carboxylic acids is 1. The number of carbonyl (C=O) groups is 2. The second-order valence-electron chi connectivity index (χ2n) is 5.16. The van der Waals surface area contributed by atoms with Crippen molar-refractivity contribution in [3.8, 4) is 0 Å². The van der Waals surface area contributed by atoms with E-state index in [1.54, 1.807) is 15.9 Å². The molecule has 8 heteroatoms. The van der Waals surface area contributed by atoms with Gasteiger partial charge in [-0.05, 0) is 25.0 Å². The largest absolute Gasteiger partial charge is 0.477 e. The Kier molecular flexibility index (Phi) is 3.82. The smallest absolute Gasteiger partial charge is 0.354 e. The lowest BCUT2D eigenvalue weighted by Crippen LogP contribution is -2.40. The molecule has 2 aromatic rings. The molecule has 8 nitrogen and oxygen atoms in total. The highest BCUT2D eigenvalue weighted by Crippen LogP contribution is 2.21. The average molecular weight is 301 g/mol. The lowest BCUT2D eigenvalue weighted by molar-refractivity contribution is 0.0664. The Morgan fingerprint density at radius 3 is 2.82 bits per heavy atom. The third-order valence-corrected chi connectivity index (χ3v) is 3.72. The number of amides is 1. The molecule has 22 heavy (non-hydrogen) atoms. The first-order valence-electron chi connectivity index (χ1n) is 6.98. The van der Waals surface area contributed by atoms with Crippen LogP contribution in [0.15, 0.2) is 31.0 Å². The summed E-state index contributed by atoms with van der Waals surface area (Å²) in [6, 6.07) is 2.96. The van der Waals surface area contributed by atoms with Gasteiger partial charge in [-0.25, -0.2) is 19.4 Å². The monoisotopic (exact) mass is 301 g/mol.